The Hall–Kier alpha value is -0.770. The Labute approximate surface area is 95.1 Å². The van der Waals surface area contributed by atoms with Crippen LogP contribution >= 0.6 is 34.5 Å². The van der Waals surface area contributed by atoms with Gasteiger partial charge in [-0.1, -0.05) is 34.5 Å². The van der Waals surface area contributed by atoms with Crippen LogP contribution in [0.4, 0.5) is 0 Å². The van der Waals surface area contributed by atoms with Gasteiger partial charge in [-0.25, -0.2) is 4.98 Å². The smallest absolute Gasteiger partial charge is 0.279 e. The standard InChI is InChI=1S/C9H4Cl2NOS/c10-6-3-7(11)5-8(4-6)13-9-12-1-2-14-9/h2-5H. The molecule has 2 nitrogen and oxygen atoms in total. The molecule has 0 atom stereocenters. The van der Waals surface area contributed by atoms with Crippen molar-refractivity contribution in [3.63, 3.8) is 0 Å². The van der Waals surface area contributed by atoms with Crippen LogP contribution in [0, 0.1) is 6.20 Å². The van der Waals surface area contributed by atoms with E-state index in [1.54, 1.807) is 23.6 Å². The minimum absolute atomic E-state index is 0.517. The largest absolute Gasteiger partial charge is 0.431 e. The third kappa shape index (κ3) is 2.38. The van der Waals surface area contributed by atoms with Crippen molar-refractivity contribution >= 4 is 34.5 Å². The van der Waals surface area contributed by atoms with Crippen LogP contribution in [-0.4, -0.2) is 4.98 Å². The molecule has 1 radical (unpaired) electrons. The van der Waals surface area contributed by atoms with Crippen molar-refractivity contribution in [1.29, 1.82) is 0 Å². The number of benzene rings is 1. The normalized spacial score (nSPS) is 10.1. The molecule has 0 N–H and O–H groups in total. The first-order valence-electron chi connectivity index (χ1n) is 3.69. The van der Waals surface area contributed by atoms with Crippen molar-refractivity contribution in [3.05, 3.63) is 39.8 Å². The summed E-state index contributed by atoms with van der Waals surface area (Å²) >= 11 is 13.0. The van der Waals surface area contributed by atoms with E-state index in [4.69, 9.17) is 27.9 Å². The van der Waals surface area contributed by atoms with Crippen LogP contribution in [0.2, 0.25) is 10.0 Å². The van der Waals surface area contributed by atoms with Crippen LogP contribution in [0.15, 0.2) is 23.6 Å². The molecule has 0 spiro atoms. The molecule has 1 aromatic heterocycles. The number of nitrogens with zero attached hydrogens (tertiary/aromatic N) is 1. The van der Waals surface area contributed by atoms with E-state index in [0.29, 0.717) is 21.0 Å². The Morgan fingerprint density at radius 3 is 2.50 bits per heavy atom. The van der Waals surface area contributed by atoms with Gasteiger partial charge >= 0.3 is 0 Å². The van der Waals surface area contributed by atoms with Gasteiger partial charge < -0.3 is 4.74 Å². The van der Waals surface area contributed by atoms with Crippen LogP contribution in [-0.2, 0) is 0 Å². The molecule has 0 fully saturated rings. The molecule has 71 valence electrons. The summed E-state index contributed by atoms with van der Waals surface area (Å²) in [6.07, 6.45) is 2.66. The summed E-state index contributed by atoms with van der Waals surface area (Å²) < 4.78 is 5.39. The van der Waals surface area contributed by atoms with Crippen LogP contribution in [0.5, 0.6) is 10.9 Å². The van der Waals surface area contributed by atoms with E-state index in [2.05, 4.69) is 11.2 Å². The molecule has 0 bridgehead atoms. The summed E-state index contributed by atoms with van der Waals surface area (Å²) in [4.78, 5) is 3.86. The van der Waals surface area contributed by atoms with Gasteiger partial charge in [-0.15, -0.1) is 0 Å². The SMILES string of the molecule is Clc1cc(Cl)cc(Oc2n[c]cs2)c1. The highest BCUT2D eigenvalue weighted by atomic mass is 35.5. The molecular formula is C9H4Cl2NOS. The van der Waals surface area contributed by atoms with E-state index in [1.165, 1.54) is 11.3 Å². The minimum Gasteiger partial charge on any atom is -0.431 e. The molecular weight excluding hydrogens is 241 g/mol. The number of hydrogen-bond donors (Lipinski definition) is 0. The Balaban J connectivity index is 2.25. The maximum atomic E-state index is 5.80. The second-order valence-electron chi connectivity index (χ2n) is 2.45. The Bertz CT molecular complexity index is 410. The monoisotopic (exact) mass is 244 g/mol. The second kappa shape index (κ2) is 4.17. The van der Waals surface area contributed by atoms with Crippen molar-refractivity contribution < 1.29 is 4.74 Å². The number of hydrogen-bond acceptors (Lipinski definition) is 3. The first kappa shape index (κ1) is 9.77. The number of thiazole rings is 1. The van der Waals surface area contributed by atoms with Gasteiger partial charge in [0.25, 0.3) is 5.19 Å². The Kier molecular flexibility index (Phi) is 2.91. The zero-order valence-electron chi connectivity index (χ0n) is 6.83. The molecule has 1 aromatic carbocycles. The molecule has 1 heterocycles. The average molecular weight is 245 g/mol. The molecule has 0 aliphatic heterocycles. The van der Waals surface area contributed by atoms with Gasteiger partial charge in [0.05, 0.1) is 0 Å². The maximum absolute atomic E-state index is 5.80. The lowest BCUT2D eigenvalue weighted by Crippen LogP contribution is -1.82. The lowest BCUT2D eigenvalue weighted by Gasteiger charge is -2.02. The first-order chi connectivity index (χ1) is 6.74. The number of halogens is 2. The van der Waals surface area contributed by atoms with E-state index in [1.807, 2.05) is 0 Å². The number of rotatable bonds is 2. The van der Waals surface area contributed by atoms with Gasteiger partial charge in [-0.05, 0) is 18.2 Å². The van der Waals surface area contributed by atoms with Gasteiger partial charge in [-0.2, -0.15) is 0 Å². The molecule has 14 heavy (non-hydrogen) atoms. The van der Waals surface area contributed by atoms with Crippen molar-refractivity contribution in [2.75, 3.05) is 0 Å². The fourth-order valence-corrected chi connectivity index (χ4v) is 1.88. The summed E-state index contributed by atoms with van der Waals surface area (Å²) in [5.41, 5.74) is 0. The Morgan fingerprint density at radius 1 is 1.21 bits per heavy atom. The number of ether oxygens (including phenoxy) is 1. The molecule has 0 saturated carbocycles. The fourth-order valence-electron chi connectivity index (χ4n) is 0.917. The van der Waals surface area contributed by atoms with Crippen molar-refractivity contribution in [3.8, 4) is 10.9 Å². The van der Waals surface area contributed by atoms with E-state index in [-0.39, 0.29) is 0 Å². The minimum atomic E-state index is 0.517. The van der Waals surface area contributed by atoms with Crippen LogP contribution in [0.1, 0.15) is 0 Å². The summed E-state index contributed by atoms with van der Waals surface area (Å²) in [5, 5.41) is 3.30. The topological polar surface area (TPSA) is 22.1 Å². The predicted octanol–water partition coefficient (Wildman–Crippen LogP) is 4.04. The van der Waals surface area contributed by atoms with E-state index < -0.39 is 0 Å². The van der Waals surface area contributed by atoms with Crippen molar-refractivity contribution in [1.82, 2.24) is 4.98 Å². The quantitative estimate of drug-likeness (QED) is 0.796. The van der Waals surface area contributed by atoms with Crippen LogP contribution in [0.3, 0.4) is 0 Å². The van der Waals surface area contributed by atoms with Gasteiger partial charge in [0, 0.05) is 15.4 Å². The van der Waals surface area contributed by atoms with E-state index >= 15 is 0 Å². The highest BCUT2D eigenvalue weighted by molar-refractivity contribution is 7.11. The van der Waals surface area contributed by atoms with Gasteiger partial charge in [0.2, 0.25) is 0 Å². The third-order valence-corrected chi connectivity index (χ3v) is 2.45. The van der Waals surface area contributed by atoms with Crippen molar-refractivity contribution in [2.24, 2.45) is 0 Å². The summed E-state index contributed by atoms with van der Waals surface area (Å²) in [6, 6.07) is 4.99. The average Bonchev–Trinajstić information content (AvgIpc) is 2.54. The zero-order valence-corrected chi connectivity index (χ0v) is 9.16. The van der Waals surface area contributed by atoms with Gasteiger partial charge in [-0.3, -0.25) is 0 Å². The number of aromatic nitrogens is 1. The molecule has 2 aromatic rings. The molecule has 2 rings (SSSR count). The molecule has 0 saturated heterocycles. The third-order valence-electron chi connectivity index (χ3n) is 1.41. The van der Waals surface area contributed by atoms with E-state index in [0.717, 1.165) is 0 Å². The van der Waals surface area contributed by atoms with E-state index in [9.17, 15) is 0 Å². The summed E-state index contributed by atoms with van der Waals surface area (Å²) in [5.74, 6) is 0.575. The molecule has 0 aliphatic carbocycles. The fraction of sp³-hybridized carbons (Fsp3) is 0. The first-order valence-corrected chi connectivity index (χ1v) is 5.33. The summed E-state index contributed by atoms with van der Waals surface area (Å²) in [6.45, 7) is 0. The molecule has 0 amide bonds. The van der Waals surface area contributed by atoms with Gasteiger partial charge in [0.1, 0.15) is 11.9 Å². The van der Waals surface area contributed by atoms with Crippen LogP contribution < -0.4 is 4.74 Å². The molecule has 0 aliphatic rings. The second-order valence-corrected chi connectivity index (χ2v) is 4.14. The highest BCUT2D eigenvalue weighted by Gasteiger charge is 2.02. The van der Waals surface area contributed by atoms with Crippen molar-refractivity contribution in [2.45, 2.75) is 0 Å². The summed E-state index contributed by atoms with van der Waals surface area (Å²) in [7, 11) is 0. The van der Waals surface area contributed by atoms with Crippen LogP contribution in [0.25, 0.3) is 0 Å². The maximum Gasteiger partial charge on any atom is 0.279 e. The zero-order chi connectivity index (χ0) is 9.97. The Morgan fingerprint density at radius 2 is 1.93 bits per heavy atom. The molecule has 5 heteroatoms. The molecule has 0 unspecified atom stereocenters. The van der Waals surface area contributed by atoms with Gasteiger partial charge in [0.15, 0.2) is 0 Å². The predicted molar refractivity (Wildman–Crippen MR) is 57.5 cm³/mol. The lowest BCUT2D eigenvalue weighted by atomic mass is 10.3. The highest BCUT2D eigenvalue weighted by Crippen LogP contribution is 2.28. The lowest BCUT2D eigenvalue weighted by molar-refractivity contribution is 0.478.